The lowest BCUT2D eigenvalue weighted by molar-refractivity contribution is 0.415. The molecule has 128 valence electrons. The van der Waals surface area contributed by atoms with Crippen molar-refractivity contribution in [2.24, 2.45) is 0 Å². The fourth-order valence-corrected chi connectivity index (χ4v) is 2.41. The van der Waals surface area contributed by atoms with E-state index in [1.165, 1.54) is 0 Å². The van der Waals surface area contributed by atoms with Gasteiger partial charge in [-0.2, -0.15) is 4.98 Å². The number of ether oxygens (including phenoxy) is 2. The molecule has 0 radical (unpaired) electrons. The van der Waals surface area contributed by atoms with Gasteiger partial charge in [0.15, 0.2) is 0 Å². The van der Waals surface area contributed by atoms with E-state index in [4.69, 9.17) is 9.47 Å². The molecule has 0 aliphatic rings. The van der Waals surface area contributed by atoms with Gasteiger partial charge in [0.05, 0.1) is 19.9 Å². The third-order valence-electron chi connectivity index (χ3n) is 3.55. The monoisotopic (exact) mass is 336 g/mol. The summed E-state index contributed by atoms with van der Waals surface area (Å²) in [6, 6.07) is 17.2. The number of nitrogens with zero attached hydrogens (tertiary/aromatic N) is 2. The average molecular weight is 336 g/mol. The predicted octanol–water partition coefficient (Wildman–Crippen LogP) is 4.29. The van der Waals surface area contributed by atoms with Crippen LogP contribution in [0.3, 0.4) is 0 Å². The number of aryl methyl sites for hydroxylation is 1. The van der Waals surface area contributed by atoms with Crippen LogP contribution < -0.4 is 20.1 Å². The molecular formula is C19H20N4O2. The fourth-order valence-electron chi connectivity index (χ4n) is 2.41. The van der Waals surface area contributed by atoms with Gasteiger partial charge in [-0.15, -0.1) is 0 Å². The fraction of sp³-hybridized carbons (Fsp3) is 0.158. The first-order chi connectivity index (χ1) is 12.2. The van der Waals surface area contributed by atoms with Crippen molar-refractivity contribution in [3.8, 4) is 11.5 Å². The molecule has 0 bridgehead atoms. The lowest BCUT2D eigenvalue weighted by Crippen LogP contribution is -2.03. The zero-order chi connectivity index (χ0) is 17.6. The van der Waals surface area contributed by atoms with Crippen LogP contribution in [0.15, 0.2) is 54.6 Å². The third kappa shape index (κ3) is 4.17. The van der Waals surface area contributed by atoms with E-state index >= 15 is 0 Å². The predicted molar refractivity (Wildman–Crippen MR) is 99.3 cm³/mol. The number of rotatable bonds is 6. The minimum Gasteiger partial charge on any atom is -0.497 e. The van der Waals surface area contributed by atoms with E-state index < -0.39 is 0 Å². The molecule has 3 aromatic rings. The normalized spacial score (nSPS) is 10.2. The van der Waals surface area contributed by atoms with Crippen molar-refractivity contribution in [2.75, 3.05) is 24.9 Å². The Morgan fingerprint density at radius 3 is 2.48 bits per heavy atom. The Kier molecular flexibility index (Phi) is 4.99. The van der Waals surface area contributed by atoms with Crippen LogP contribution in [0.1, 0.15) is 5.69 Å². The van der Waals surface area contributed by atoms with Crippen molar-refractivity contribution < 1.29 is 9.47 Å². The van der Waals surface area contributed by atoms with E-state index in [9.17, 15) is 0 Å². The van der Waals surface area contributed by atoms with Crippen LogP contribution in [0.2, 0.25) is 0 Å². The maximum atomic E-state index is 5.35. The number of methoxy groups -OCH3 is 2. The summed E-state index contributed by atoms with van der Waals surface area (Å²) in [6.07, 6.45) is 0. The number of aromatic nitrogens is 2. The Balaban J connectivity index is 1.85. The Labute approximate surface area is 146 Å². The van der Waals surface area contributed by atoms with Gasteiger partial charge >= 0.3 is 0 Å². The van der Waals surface area contributed by atoms with Crippen LogP contribution in [-0.2, 0) is 0 Å². The highest BCUT2D eigenvalue weighted by Gasteiger charge is 2.07. The summed E-state index contributed by atoms with van der Waals surface area (Å²) in [6.45, 7) is 1.92. The van der Waals surface area contributed by atoms with E-state index in [0.29, 0.717) is 11.8 Å². The van der Waals surface area contributed by atoms with Crippen molar-refractivity contribution in [1.29, 1.82) is 0 Å². The SMILES string of the molecule is COc1cccc(Nc2cc(C)nc(Nc3ccccc3OC)n2)c1. The largest absolute Gasteiger partial charge is 0.497 e. The summed E-state index contributed by atoms with van der Waals surface area (Å²) in [5.74, 6) is 2.70. The second-order valence-corrected chi connectivity index (χ2v) is 5.40. The first kappa shape index (κ1) is 16.6. The molecule has 0 aliphatic heterocycles. The Morgan fingerprint density at radius 2 is 1.68 bits per heavy atom. The minimum atomic E-state index is 0.495. The van der Waals surface area contributed by atoms with Gasteiger partial charge in [-0.05, 0) is 31.2 Å². The van der Waals surface area contributed by atoms with E-state index in [-0.39, 0.29) is 0 Å². The van der Waals surface area contributed by atoms with Gasteiger partial charge in [0.2, 0.25) is 5.95 Å². The Bertz CT molecular complexity index is 868. The highest BCUT2D eigenvalue weighted by Crippen LogP contribution is 2.27. The van der Waals surface area contributed by atoms with Crippen molar-refractivity contribution in [1.82, 2.24) is 9.97 Å². The molecule has 0 amide bonds. The van der Waals surface area contributed by atoms with Gasteiger partial charge in [0.1, 0.15) is 17.3 Å². The highest BCUT2D eigenvalue weighted by molar-refractivity contribution is 5.64. The molecule has 0 atom stereocenters. The molecule has 0 fully saturated rings. The van der Waals surface area contributed by atoms with Crippen LogP contribution in [0.4, 0.5) is 23.1 Å². The topological polar surface area (TPSA) is 68.3 Å². The van der Waals surface area contributed by atoms with E-state index in [1.807, 2.05) is 61.5 Å². The molecule has 0 aliphatic carbocycles. The highest BCUT2D eigenvalue weighted by atomic mass is 16.5. The maximum Gasteiger partial charge on any atom is 0.229 e. The number of hydrogen-bond donors (Lipinski definition) is 2. The molecule has 3 rings (SSSR count). The molecule has 6 heteroatoms. The number of anilines is 4. The molecule has 0 saturated carbocycles. The van der Waals surface area contributed by atoms with Crippen LogP contribution in [0.5, 0.6) is 11.5 Å². The van der Waals surface area contributed by atoms with Gasteiger partial charge in [-0.25, -0.2) is 4.98 Å². The molecule has 0 spiro atoms. The second kappa shape index (κ2) is 7.53. The standard InChI is InChI=1S/C19H20N4O2/c1-13-11-18(21-14-7-6-8-15(12-14)24-2)23-19(20-13)22-16-9-4-5-10-17(16)25-3/h4-12H,1-3H3,(H2,20,21,22,23). The number of hydrogen-bond acceptors (Lipinski definition) is 6. The molecule has 2 N–H and O–H groups in total. The minimum absolute atomic E-state index is 0.495. The first-order valence-electron chi connectivity index (χ1n) is 7.85. The van der Waals surface area contributed by atoms with Crippen LogP contribution in [-0.4, -0.2) is 24.2 Å². The summed E-state index contributed by atoms with van der Waals surface area (Å²) < 4.78 is 10.6. The molecule has 0 unspecified atom stereocenters. The van der Waals surface area contributed by atoms with Crippen molar-refractivity contribution in [3.63, 3.8) is 0 Å². The van der Waals surface area contributed by atoms with Crippen LogP contribution >= 0.6 is 0 Å². The average Bonchev–Trinajstić information content (AvgIpc) is 2.62. The lowest BCUT2D eigenvalue weighted by Gasteiger charge is -2.12. The molecule has 6 nitrogen and oxygen atoms in total. The first-order valence-corrected chi connectivity index (χ1v) is 7.85. The van der Waals surface area contributed by atoms with Gasteiger partial charge in [-0.3, -0.25) is 0 Å². The quantitative estimate of drug-likeness (QED) is 0.700. The zero-order valence-electron chi connectivity index (χ0n) is 14.4. The molecule has 0 saturated heterocycles. The van der Waals surface area contributed by atoms with E-state index in [2.05, 4.69) is 20.6 Å². The molecule has 25 heavy (non-hydrogen) atoms. The second-order valence-electron chi connectivity index (χ2n) is 5.40. The van der Waals surface area contributed by atoms with Crippen molar-refractivity contribution in [2.45, 2.75) is 6.92 Å². The summed E-state index contributed by atoms with van der Waals surface area (Å²) in [7, 11) is 3.27. The Morgan fingerprint density at radius 1 is 0.840 bits per heavy atom. The zero-order valence-corrected chi connectivity index (χ0v) is 14.4. The maximum absolute atomic E-state index is 5.35. The third-order valence-corrected chi connectivity index (χ3v) is 3.55. The van der Waals surface area contributed by atoms with Gasteiger partial charge in [0, 0.05) is 23.5 Å². The molecular weight excluding hydrogens is 316 g/mol. The Hall–Kier alpha value is -3.28. The summed E-state index contributed by atoms with van der Waals surface area (Å²) in [5, 5.41) is 6.47. The van der Waals surface area contributed by atoms with E-state index in [0.717, 1.165) is 28.6 Å². The van der Waals surface area contributed by atoms with Crippen LogP contribution in [0, 0.1) is 6.92 Å². The summed E-state index contributed by atoms with van der Waals surface area (Å²) >= 11 is 0. The van der Waals surface area contributed by atoms with Crippen molar-refractivity contribution >= 4 is 23.1 Å². The lowest BCUT2D eigenvalue weighted by atomic mass is 10.3. The molecule has 1 aromatic heterocycles. The van der Waals surface area contributed by atoms with Gasteiger partial charge in [-0.1, -0.05) is 18.2 Å². The summed E-state index contributed by atoms with van der Waals surface area (Å²) in [5.41, 5.74) is 2.54. The van der Waals surface area contributed by atoms with Crippen molar-refractivity contribution in [3.05, 3.63) is 60.3 Å². The molecule has 2 aromatic carbocycles. The van der Waals surface area contributed by atoms with Gasteiger partial charge in [0.25, 0.3) is 0 Å². The number of nitrogens with one attached hydrogen (secondary N) is 2. The summed E-state index contributed by atoms with van der Waals surface area (Å²) in [4.78, 5) is 8.96. The number of benzene rings is 2. The van der Waals surface area contributed by atoms with Crippen LogP contribution in [0.25, 0.3) is 0 Å². The number of para-hydroxylation sites is 2. The van der Waals surface area contributed by atoms with E-state index in [1.54, 1.807) is 14.2 Å². The molecule has 1 heterocycles. The van der Waals surface area contributed by atoms with Gasteiger partial charge < -0.3 is 20.1 Å². The smallest absolute Gasteiger partial charge is 0.229 e.